The van der Waals surface area contributed by atoms with Gasteiger partial charge in [0.1, 0.15) is 11.5 Å². The predicted molar refractivity (Wildman–Crippen MR) is 154 cm³/mol. The van der Waals surface area contributed by atoms with Gasteiger partial charge in [-0.1, -0.05) is 42.2 Å². The molecule has 4 aromatic rings. The fourth-order valence-corrected chi connectivity index (χ4v) is 5.68. The van der Waals surface area contributed by atoms with Crippen molar-refractivity contribution in [3.05, 3.63) is 88.3 Å². The van der Waals surface area contributed by atoms with Crippen LogP contribution in [0.15, 0.2) is 70.9 Å². The summed E-state index contributed by atoms with van der Waals surface area (Å²) in [5.74, 6) is -1.98. The number of aromatic nitrogens is 1. The molecule has 0 radical (unpaired) electrons. The molecule has 0 aliphatic carbocycles. The molecule has 3 heterocycles. The minimum atomic E-state index is -1.16. The number of methoxy groups -OCH3 is 3. The first kappa shape index (κ1) is 28.4. The summed E-state index contributed by atoms with van der Waals surface area (Å²) in [6, 6.07) is 10.4. The van der Waals surface area contributed by atoms with Gasteiger partial charge in [0, 0.05) is 5.39 Å². The maximum absolute atomic E-state index is 14.0. The summed E-state index contributed by atoms with van der Waals surface area (Å²) in [6.45, 7) is 5.12. The molecule has 1 aliphatic rings. The minimum Gasteiger partial charge on any atom is -0.503 e. The average Bonchev–Trinajstić information content (AvgIpc) is 3.68. The van der Waals surface area contributed by atoms with E-state index in [0.29, 0.717) is 39.5 Å². The van der Waals surface area contributed by atoms with Crippen LogP contribution in [0.2, 0.25) is 0 Å². The summed E-state index contributed by atoms with van der Waals surface area (Å²) in [5.41, 5.74) is 0.816. The van der Waals surface area contributed by atoms with Crippen molar-refractivity contribution >= 4 is 45.1 Å². The second-order valence-electron chi connectivity index (χ2n) is 9.07. The Morgan fingerprint density at radius 3 is 2.52 bits per heavy atom. The summed E-state index contributed by atoms with van der Waals surface area (Å²) in [5, 5.41) is 11.8. The van der Waals surface area contributed by atoms with Crippen LogP contribution in [0, 0.1) is 6.92 Å². The number of Topliss-reactive ketones (excluding diaryl/α,β-unsaturated/α-hetero) is 1. The number of rotatable bonds is 10. The molecule has 1 aliphatic heterocycles. The molecule has 0 bridgehead atoms. The largest absolute Gasteiger partial charge is 0.503 e. The highest BCUT2D eigenvalue weighted by Crippen LogP contribution is 2.46. The Balaban J connectivity index is 1.66. The molecule has 0 spiro atoms. The van der Waals surface area contributed by atoms with Crippen LogP contribution < -0.4 is 19.1 Å². The quantitative estimate of drug-likeness (QED) is 0.146. The van der Waals surface area contributed by atoms with Crippen molar-refractivity contribution in [2.24, 2.45) is 0 Å². The molecule has 2 aromatic heterocycles. The lowest BCUT2D eigenvalue weighted by Gasteiger charge is -2.25. The third kappa shape index (κ3) is 4.75. The van der Waals surface area contributed by atoms with Crippen molar-refractivity contribution in [1.82, 2.24) is 4.98 Å². The van der Waals surface area contributed by atoms with Crippen LogP contribution in [0.25, 0.3) is 11.0 Å². The Kier molecular flexibility index (Phi) is 7.72. The summed E-state index contributed by atoms with van der Waals surface area (Å²) in [7, 11) is 4.40. The van der Waals surface area contributed by atoms with Gasteiger partial charge < -0.3 is 28.5 Å². The molecular formula is C30H26N2O9S. The lowest BCUT2D eigenvalue weighted by Crippen LogP contribution is -2.31. The van der Waals surface area contributed by atoms with E-state index in [0.717, 1.165) is 16.2 Å². The van der Waals surface area contributed by atoms with Crippen LogP contribution in [-0.4, -0.2) is 55.7 Å². The van der Waals surface area contributed by atoms with Crippen LogP contribution in [0.5, 0.6) is 17.2 Å². The maximum Gasteiger partial charge on any atom is 0.350 e. The number of benzene rings is 2. The fraction of sp³-hybridized carbons (Fsp3) is 0.200. The zero-order valence-corrected chi connectivity index (χ0v) is 23.9. The molecule has 0 fully saturated rings. The number of carbonyl (C=O) groups is 3. The Hall–Kier alpha value is -5.10. The third-order valence-corrected chi connectivity index (χ3v) is 7.77. The Morgan fingerprint density at radius 2 is 1.83 bits per heavy atom. The van der Waals surface area contributed by atoms with E-state index in [1.807, 2.05) is 0 Å². The normalized spacial score (nSPS) is 14.8. The Labute approximate surface area is 244 Å². The van der Waals surface area contributed by atoms with Gasteiger partial charge in [0.2, 0.25) is 5.78 Å². The van der Waals surface area contributed by atoms with Gasteiger partial charge in [-0.2, -0.15) is 0 Å². The van der Waals surface area contributed by atoms with Gasteiger partial charge >= 0.3 is 5.97 Å². The molecule has 0 saturated carbocycles. The topological polar surface area (TPSA) is 138 Å². The maximum atomic E-state index is 14.0. The Morgan fingerprint density at radius 1 is 1.10 bits per heavy atom. The van der Waals surface area contributed by atoms with Gasteiger partial charge in [0.15, 0.2) is 39.5 Å². The fourth-order valence-electron chi connectivity index (χ4n) is 4.69. The standard InChI is InChI=1S/C30H26N2O9S/c1-6-12-40-29(36)27-15(2)31-30(42-27)32-23(16-10-11-18(37-3)20(13-16)39-5)22(25(34)28(32)35)24(33)21-14-17-8-7-9-19(38-4)26(17)41-21/h6-11,13-14,23,34H,1,12H2,2-5H3. The van der Waals surface area contributed by atoms with E-state index < -0.39 is 29.5 Å². The second kappa shape index (κ2) is 11.4. The number of hydrogen-bond donors (Lipinski definition) is 1. The predicted octanol–water partition coefficient (Wildman–Crippen LogP) is 5.35. The first-order valence-corrected chi connectivity index (χ1v) is 13.4. The number of ether oxygens (including phenoxy) is 4. The van der Waals surface area contributed by atoms with Crippen LogP contribution in [0.3, 0.4) is 0 Å². The van der Waals surface area contributed by atoms with Gasteiger partial charge in [0.25, 0.3) is 5.91 Å². The first-order valence-electron chi connectivity index (χ1n) is 12.6. The zero-order valence-electron chi connectivity index (χ0n) is 23.1. The number of carbonyl (C=O) groups excluding carboxylic acids is 3. The molecular weight excluding hydrogens is 564 g/mol. The number of ketones is 1. The highest BCUT2D eigenvalue weighted by molar-refractivity contribution is 7.17. The molecule has 0 saturated heterocycles. The van der Waals surface area contributed by atoms with E-state index in [1.54, 1.807) is 43.3 Å². The minimum absolute atomic E-state index is 0.00823. The summed E-state index contributed by atoms with van der Waals surface area (Å²) in [4.78, 5) is 46.1. The van der Waals surface area contributed by atoms with Gasteiger partial charge in [0.05, 0.1) is 38.6 Å². The molecule has 12 heteroatoms. The number of para-hydroxylation sites is 1. The van der Waals surface area contributed by atoms with Gasteiger partial charge in [-0.3, -0.25) is 14.5 Å². The molecule has 216 valence electrons. The van der Waals surface area contributed by atoms with Crippen LogP contribution in [0.4, 0.5) is 5.13 Å². The van der Waals surface area contributed by atoms with Gasteiger partial charge in [-0.15, -0.1) is 0 Å². The number of anilines is 1. The van der Waals surface area contributed by atoms with E-state index in [9.17, 15) is 19.5 Å². The Bertz CT molecular complexity index is 1770. The van der Waals surface area contributed by atoms with E-state index >= 15 is 0 Å². The van der Waals surface area contributed by atoms with Crippen LogP contribution >= 0.6 is 11.3 Å². The SMILES string of the molecule is C=CCOC(=O)c1sc(N2C(=O)C(O)=C(C(=O)c3cc4cccc(OC)c4o3)C2c2ccc(OC)c(OC)c2)nc1C. The number of nitrogens with zero attached hydrogens (tertiary/aromatic N) is 2. The number of amides is 1. The molecule has 1 unspecified atom stereocenters. The van der Waals surface area contributed by atoms with E-state index in [-0.39, 0.29) is 27.9 Å². The summed E-state index contributed by atoms with van der Waals surface area (Å²) < 4.78 is 27.2. The van der Waals surface area contributed by atoms with Crippen molar-refractivity contribution in [1.29, 1.82) is 0 Å². The third-order valence-electron chi connectivity index (χ3n) is 6.64. The second-order valence-corrected chi connectivity index (χ2v) is 10.0. The molecule has 42 heavy (non-hydrogen) atoms. The monoisotopic (exact) mass is 590 g/mol. The molecule has 5 rings (SSSR count). The van der Waals surface area contributed by atoms with Gasteiger partial charge in [-0.25, -0.2) is 9.78 Å². The number of furan rings is 1. The number of thiazole rings is 1. The molecule has 1 N–H and O–H groups in total. The zero-order chi connectivity index (χ0) is 30.1. The van der Waals surface area contributed by atoms with Gasteiger partial charge in [-0.05, 0) is 36.8 Å². The average molecular weight is 591 g/mol. The molecule has 2 aromatic carbocycles. The first-order chi connectivity index (χ1) is 20.2. The highest BCUT2D eigenvalue weighted by atomic mass is 32.1. The summed E-state index contributed by atoms with van der Waals surface area (Å²) >= 11 is 0.896. The number of aliphatic hydroxyl groups is 1. The van der Waals surface area contributed by atoms with Crippen molar-refractivity contribution in [2.75, 3.05) is 32.8 Å². The highest BCUT2D eigenvalue weighted by Gasteiger charge is 2.47. The number of esters is 1. The van der Waals surface area contributed by atoms with E-state index in [4.69, 9.17) is 23.4 Å². The van der Waals surface area contributed by atoms with E-state index in [2.05, 4.69) is 11.6 Å². The summed E-state index contributed by atoms with van der Waals surface area (Å²) in [6.07, 6.45) is 1.43. The van der Waals surface area contributed by atoms with Crippen LogP contribution in [-0.2, 0) is 9.53 Å². The van der Waals surface area contributed by atoms with E-state index in [1.165, 1.54) is 33.5 Å². The molecule has 11 nitrogen and oxygen atoms in total. The van der Waals surface area contributed by atoms with Crippen molar-refractivity contribution in [2.45, 2.75) is 13.0 Å². The lowest BCUT2D eigenvalue weighted by molar-refractivity contribution is -0.117. The number of aliphatic hydroxyl groups excluding tert-OH is 1. The van der Waals surface area contributed by atoms with Crippen LogP contribution in [0.1, 0.15) is 37.5 Å². The smallest absolute Gasteiger partial charge is 0.350 e. The van der Waals surface area contributed by atoms with Crippen molar-refractivity contribution in [3.8, 4) is 17.2 Å². The molecule has 1 amide bonds. The van der Waals surface area contributed by atoms with Crippen molar-refractivity contribution < 1.29 is 42.9 Å². The number of fused-ring (bicyclic) bond motifs is 1. The number of aryl methyl sites for hydroxylation is 1. The van der Waals surface area contributed by atoms with Crippen molar-refractivity contribution in [3.63, 3.8) is 0 Å². The molecule has 1 atom stereocenters. The lowest BCUT2D eigenvalue weighted by atomic mass is 9.95. The number of hydrogen-bond acceptors (Lipinski definition) is 11.